The van der Waals surface area contributed by atoms with E-state index < -0.39 is 40.2 Å². The molecule has 0 saturated heterocycles. The molecule has 1 atom stereocenters. The lowest BCUT2D eigenvalue weighted by molar-refractivity contribution is -0.139. The van der Waals surface area contributed by atoms with Crippen LogP contribution in [0.25, 0.3) is 0 Å². The molecule has 12 heteroatoms. The van der Waals surface area contributed by atoms with Crippen molar-refractivity contribution in [2.75, 3.05) is 23.7 Å². The Morgan fingerprint density at radius 3 is 2.20 bits per heavy atom. The fourth-order valence-corrected chi connectivity index (χ4v) is 4.69. The topological polar surface area (TPSA) is 86.8 Å². The lowest BCUT2D eigenvalue weighted by Crippen LogP contribution is -2.51. The quantitative estimate of drug-likeness (QED) is 0.421. The minimum absolute atomic E-state index is 0.0387. The molecule has 7 nitrogen and oxygen atoms in total. The largest absolute Gasteiger partial charge is 0.354 e. The Morgan fingerprint density at radius 1 is 1.03 bits per heavy atom. The zero-order chi connectivity index (χ0) is 26.5. The third-order valence-corrected chi connectivity index (χ3v) is 7.24. The minimum Gasteiger partial charge on any atom is -0.354 e. The molecule has 2 rings (SSSR count). The van der Waals surface area contributed by atoms with Crippen LogP contribution in [-0.4, -0.2) is 50.5 Å². The van der Waals surface area contributed by atoms with E-state index >= 15 is 0 Å². The van der Waals surface area contributed by atoms with E-state index in [2.05, 4.69) is 5.32 Å². The molecule has 0 aromatic heterocycles. The summed E-state index contributed by atoms with van der Waals surface area (Å²) in [6.45, 7) is 4.74. The van der Waals surface area contributed by atoms with Gasteiger partial charge >= 0.3 is 0 Å². The Hall–Kier alpha value is -2.07. The van der Waals surface area contributed by atoms with Gasteiger partial charge in [0, 0.05) is 18.7 Å². The van der Waals surface area contributed by atoms with Gasteiger partial charge in [0.2, 0.25) is 21.8 Å². The first kappa shape index (κ1) is 29.2. The van der Waals surface area contributed by atoms with Crippen molar-refractivity contribution < 1.29 is 22.4 Å². The zero-order valence-electron chi connectivity index (χ0n) is 19.7. The van der Waals surface area contributed by atoms with E-state index in [1.165, 1.54) is 37.3 Å². The van der Waals surface area contributed by atoms with Gasteiger partial charge in [-0.25, -0.2) is 12.8 Å². The second-order valence-electron chi connectivity index (χ2n) is 8.42. The van der Waals surface area contributed by atoms with Crippen molar-refractivity contribution in [2.45, 2.75) is 33.4 Å². The summed E-state index contributed by atoms with van der Waals surface area (Å²) < 4.78 is 40.4. The summed E-state index contributed by atoms with van der Waals surface area (Å²) in [7, 11) is -4.02. The summed E-state index contributed by atoms with van der Waals surface area (Å²) in [5.41, 5.74) is 0.113. The van der Waals surface area contributed by atoms with Crippen molar-refractivity contribution in [1.29, 1.82) is 0 Å². The fraction of sp³-hybridized carbons (Fsp3) is 0.391. The lowest BCUT2D eigenvalue weighted by Gasteiger charge is -2.32. The maximum absolute atomic E-state index is 14.4. The predicted molar refractivity (Wildman–Crippen MR) is 138 cm³/mol. The molecule has 0 aliphatic rings. The van der Waals surface area contributed by atoms with Crippen molar-refractivity contribution >= 4 is 62.3 Å². The monoisotopic (exact) mass is 565 g/mol. The van der Waals surface area contributed by atoms with Crippen molar-refractivity contribution in [3.8, 4) is 0 Å². The van der Waals surface area contributed by atoms with Crippen LogP contribution in [0.15, 0.2) is 36.4 Å². The van der Waals surface area contributed by atoms with Crippen LogP contribution in [0, 0.1) is 11.7 Å². The number of benzene rings is 2. The van der Waals surface area contributed by atoms with Crippen LogP contribution in [0.2, 0.25) is 15.1 Å². The third kappa shape index (κ3) is 7.96. The lowest BCUT2D eigenvalue weighted by atomic mass is 10.1. The number of anilines is 1. The number of hydrogen-bond donors (Lipinski definition) is 1. The molecule has 1 N–H and O–H groups in total. The summed E-state index contributed by atoms with van der Waals surface area (Å²) in [6, 6.07) is 7.30. The summed E-state index contributed by atoms with van der Waals surface area (Å²) in [5, 5.41) is 2.85. The van der Waals surface area contributed by atoms with Crippen molar-refractivity contribution in [2.24, 2.45) is 5.92 Å². The van der Waals surface area contributed by atoms with E-state index in [0.717, 1.165) is 15.5 Å². The highest BCUT2D eigenvalue weighted by Crippen LogP contribution is 2.35. The molecule has 0 fully saturated rings. The Kier molecular flexibility index (Phi) is 10.2. The average Bonchev–Trinajstić information content (AvgIpc) is 2.76. The Labute approximate surface area is 220 Å². The second kappa shape index (κ2) is 12.3. The Balaban J connectivity index is 2.45. The summed E-state index contributed by atoms with van der Waals surface area (Å²) >= 11 is 18.2. The van der Waals surface area contributed by atoms with Gasteiger partial charge in [-0.05, 0) is 31.0 Å². The van der Waals surface area contributed by atoms with Crippen LogP contribution in [0.4, 0.5) is 10.1 Å². The average molecular weight is 567 g/mol. The second-order valence-corrected chi connectivity index (χ2v) is 11.5. The highest BCUT2D eigenvalue weighted by atomic mass is 35.5. The molecular formula is C23H27Cl3FN3O4S. The first-order valence-corrected chi connectivity index (χ1v) is 13.6. The first-order valence-electron chi connectivity index (χ1n) is 10.6. The van der Waals surface area contributed by atoms with Crippen LogP contribution in [0.5, 0.6) is 0 Å². The van der Waals surface area contributed by atoms with Gasteiger partial charge in [0.25, 0.3) is 0 Å². The Bertz CT molecular complexity index is 1190. The van der Waals surface area contributed by atoms with E-state index in [9.17, 15) is 22.4 Å². The molecule has 0 unspecified atom stereocenters. The van der Waals surface area contributed by atoms with Crippen LogP contribution in [0.3, 0.4) is 0 Å². The number of nitrogens with one attached hydrogen (secondary N) is 1. The molecule has 2 aromatic carbocycles. The van der Waals surface area contributed by atoms with Crippen LogP contribution < -0.4 is 9.62 Å². The van der Waals surface area contributed by atoms with Gasteiger partial charge < -0.3 is 10.2 Å². The van der Waals surface area contributed by atoms with Gasteiger partial charge in [0.15, 0.2) is 0 Å². The number of hydrogen-bond acceptors (Lipinski definition) is 4. The van der Waals surface area contributed by atoms with Gasteiger partial charge in [0.05, 0.1) is 27.0 Å². The molecule has 0 heterocycles. The number of rotatable bonds is 10. The molecule has 0 radical (unpaired) electrons. The SMILES string of the molecule is CC(C)CNC(=O)[C@@H](C)N(Cc1ccccc1F)C(=O)CN(c1cc(Cl)c(Cl)cc1Cl)S(C)(=O)=O. The number of halogens is 4. The van der Waals surface area contributed by atoms with Gasteiger partial charge in [-0.3, -0.25) is 13.9 Å². The highest BCUT2D eigenvalue weighted by molar-refractivity contribution is 7.92. The number of carbonyl (C=O) groups is 2. The maximum atomic E-state index is 14.4. The summed E-state index contributed by atoms with van der Waals surface area (Å²) in [4.78, 5) is 27.3. The molecular weight excluding hydrogens is 540 g/mol. The molecule has 0 aliphatic heterocycles. The number of nitrogens with zero attached hydrogens (tertiary/aromatic N) is 2. The van der Waals surface area contributed by atoms with Gasteiger partial charge in [-0.2, -0.15) is 0 Å². The van der Waals surface area contributed by atoms with Crippen molar-refractivity contribution in [3.05, 3.63) is 62.8 Å². The number of carbonyl (C=O) groups excluding carboxylic acids is 2. The van der Waals surface area contributed by atoms with Crippen molar-refractivity contribution in [3.63, 3.8) is 0 Å². The summed E-state index contributed by atoms with van der Waals surface area (Å²) in [5.74, 6) is -1.60. The molecule has 0 bridgehead atoms. The van der Waals surface area contributed by atoms with Crippen LogP contribution in [-0.2, 0) is 26.2 Å². The van der Waals surface area contributed by atoms with E-state index in [1.54, 1.807) is 6.07 Å². The molecule has 0 saturated carbocycles. The summed E-state index contributed by atoms with van der Waals surface area (Å²) in [6.07, 6.45) is 0.902. The number of amides is 2. The smallest absolute Gasteiger partial charge is 0.244 e. The minimum atomic E-state index is -4.02. The fourth-order valence-electron chi connectivity index (χ4n) is 3.14. The van der Waals surface area contributed by atoms with Gasteiger partial charge in [-0.15, -0.1) is 0 Å². The van der Waals surface area contributed by atoms with Gasteiger partial charge in [-0.1, -0.05) is 66.8 Å². The molecule has 2 aromatic rings. The standard InChI is InChI=1S/C23H27Cl3FN3O4S/c1-14(2)11-28-23(32)15(3)29(12-16-7-5-6-8-20(16)27)22(31)13-30(35(4,33)34)21-10-18(25)17(24)9-19(21)26/h5-10,14-15H,11-13H2,1-4H3,(H,28,32)/t15-/m1/s1. The molecule has 35 heavy (non-hydrogen) atoms. The number of sulfonamides is 1. The molecule has 192 valence electrons. The normalized spacial score (nSPS) is 12.4. The van der Waals surface area contributed by atoms with Crippen molar-refractivity contribution in [1.82, 2.24) is 10.2 Å². The van der Waals surface area contributed by atoms with Gasteiger partial charge in [0.1, 0.15) is 18.4 Å². The Morgan fingerprint density at radius 2 is 1.63 bits per heavy atom. The van der Waals surface area contributed by atoms with E-state index in [1.807, 2.05) is 13.8 Å². The molecule has 2 amide bonds. The van der Waals surface area contributed by atoms with E-state index in [-0.39, 0.29) is 38.8 Å². The van der Waals surface area contributed by atoms with Crippen LogP contribution >= 0.6 is 34.8 Å². The predicted octanol–water partition coefficient (Wildman–Crippen LogP) is 4.74. The van der Waals surface area contributed by atoms with Crippen LogP contribution in [0.1, 0.15) is 26.3 Å². The van der Waals surface area contributed by atoms with E-state index in [0.29, 0.717) is 6.54 Å². The maximum Gasteiger partial charge on any atom is 0.244 e. The molecule has 0 aliphatic carbocycles. The third-order valence-electron chi connectivity index (χ3n) is 5.09. The first-order chi connectivity index (χ1) is 16.2. The molecule has 0 spiro atoms. The van der Waals surface area contributed by atoms with E-state index in [4.69, 9.17) is 34.8 Å². The highest BCUT2D eigenvalue weighted by Gasteiger charge is 2.31. The zero-order valence-corrected chi connectivity index (χ0v) is 22.8.